The molecule has 4 aromatic rings. The number of hydrogen-bond acceptors (Lipinski definition) is 4. The van der Waals surface area contributed by atoms with Crippen LogP contribution in [0.25, 0.3) is 16.8 Å². The fourth-order valence-corrected chi connectivity index (χ4v) is 2.93. The van der Waals surface area contributed by atoms with Crippen LogP contribution in [-0.2, 0) is 0 Å². The molecule has 0 aliphatic heterocycles. The molecule has 0 fully saturated rings. The largest absolute Gasteiger partial charge is 0.362 e. The first kappa shape index (κ1) is 15.6. The highest BCUT2D eigenvalue weighted by Gasteiger charge is 2.11. The van der Waals surface area contributed by atoms with Crippen molar-refractivity contribution in [2.45, 2.75) is 13.0 Å². The zero-order valence-corrected chi connectivity index (χ0v) is 14.4. The minimum atomic E-state index is 0.0497. The monoisotopic (exact) mass is 349 g/mol. The van der Waals surface area contributed by atoms with Gasteiger partial charge in [0.15, 0.2) is 5.65 Å². The second-order valence-corrected chi connectivity index (χ2v) is 6.21. The highest BCUT2D eigenvalue weighted by molar-refractivity contribution is 6.30. The summed E-state index contributed by atoms with van der Waals surface area (Å²) < 4.78 is 1.76. The summed E-state index contributed by atoms with van der Waals surface area (Å²) >= 11 is 6.11. The zero-order chi connectivity index (χ0) is 17.2. The molecular formula is C19H16ClN5. The molecule has 0 aliphatic carbocycles. The molecule has 6 heteroatoms. The Hall–Kier alpha value is -2.92. The van der Waals surface area contributed by atoms with E-state index >= 15 is 0 Å². The van der Waals surface area contributed by atoms with Crippen LogP contribution in [0.2, 0.25) is 5.02 Å². The maximum atomic E-state index is 6.11. The summed E-state index contributed by atoms with van der Waals surface area (Å²) in [7, 11) is 0. The van der Waals surface area contributed by atoms with E-state index in [1.54, 1.807) is 16.9 Å². The predicted molar refractivity (Wildman–Crippen MR) is 99.7 cm³/mol. The first-order valence-corrected chi connectivity index (χ1v) is 8.36. The number of pyridine rings is 1. The van der Waals surface area contributed by atoms with E-state index in [2.05, 4.69) is 22.3 Å². The number of anilines is 1. The third kappa shape index (κ3) is 3.19. The summed E-state index contributed by atoms with van der Waals surface area (Å²) in [5.41, 5.74) is 3.68. The summed E-state index contributed by atoms with van der Waals surface area (Å²) in [5, 5.41) is 8.45. The maximum absolute atomic E-state index is 6.11. The molecule has 1 atom stereocenters. The molecule has 0 spiro atoms. The Morgan fingerprint density at radius 3 is 2.84 bits per heavy atom. The van der Waals surface area contributed by atoms with Crippen LogP contribution in [0, 0.1) is 0 Å². The van der Waals surface area contributed by atoms with Crippen molar-refractivity contribution in [2.24, 2.45) is 0 Å². The molecule has 0 radical (unpaired) electrons. The van der Waals surface area contributed by atoms with E-state index in [1.807, 2.05) is 54.7 Å². The maximum Gasteiger partial charge on any atom is 0.165 e. The molecule has 3 heterocycles. The van der Waals surface area contributed by atoms with Crippen molar-refractivity contribution >= 4 is 23.1 Å². The van der Waals surface area contributed by atoms with Gasteiger partial charge in [-0.3, -0.25) is 4.98 Å². The lowest BCUT2D eigenvalue weighted by Gasteiger charge is -2.14. The molecule has 0 amide bonds. The average molecular weight is 350 g/mol. The van der Waals surface area contributed by atoms with Crippen molar-refractivity contribution in [2.75, 3.05) is 5.32 Å². The van der Waals surface area contributed by atoms with Crippen molar-refractivity contribution in [1.82, 2.24) is 19.6 Å². The van der Waals surface area contributed by atoms with Crippen LogP contribution >= 0.6 is 11.6 Å². The normalized spacial score (nSPS) is 12.2. The Labute approximate surface area is 150 Å². The first-order valence-electron chi connectivity index (χ1n) is 7.98. The van der Waals surface area contributed by atoms with Gasteiger partial charge in [-0.25, -0.2) is 9.50 Å². The van der Waals surface area contributed by atoms with E-state index in [-0.39, 0.29) is 6.04 Å². The second-order valence-electron chi connectivity index (χ2n) is 5.77. The molecule has 5 nitrogen and oxygen atoms in total. The fraction of sp³-hybridized carbons (Fsp3) is 0.105. The third-order valence-electron chi connectivity index (χ3n) is 4.00. The molecule has 0 bridgehead atoms. The Balaban J connectivity index is 1.69. The lowest BCUT2D eigenvalue weighted by atomic mass is 10.1. The van der Waals surface area contributed by atoms with E-state index in [0.717, 1.165) is 28.3 Å². The quantitative estimate of drug-likeness (QED) is 0.584. The van der Waals surface area contributed by atoms with Crippen molar-refractivity contribution < 1.29 is 0 Å². The van der Waals surface area contributed by atoms with Gasteiger partial charge < -0.3 is 5.32 Å². The highest BCUT2D eigenvalue weighted by Crippen LogP contribution is 2.27. The molecule has 124 valence electrons. The van der Waals surface area contributed by atoms with Gasteiger partial charge >= 0.3 is 0 Å². The van der Waals surface area contributed by atoms with Gasteiger partial charge in [-0.1, -0.05) is 29.8 Å². The number of fused-ring (bicyclic) bond motifs is 1. The van der Waals surface area contributed by atoms with Crippen LogP contribution < -0.4 is 5.32 Å². The van der Waals surface area contributed by atoms with Crippen molar-refractivity contribution in [3.63, 3.8) is 0 Å². The summed E-state index contributed by atoms with van der Waals surface area (Å²) in [4.78, 5) is 9.10. The Kier molecular flexibility index (Phi) is 4.07. The van der Waals surface area contributed by atoms with Crippen molar-refractivity contribution in [3.05, 3.63) is 77.8 Å². The minimum absolute atomic E-state index is 0.0497. The van der Waals surface area contributed by atoms with E-state index in [1.165, 1.54) is 0 Å². The topological polar surface area (TPSA) is 55.1 Å². The van der Waals surface area contributed by atoms with Crippen LogP contribution in [0.4, 0.5) is 5.82 Å². The lowest BCUT2D eigenvalue weighted by Crippen LogP contribution is -2.09. The van der Waals surface area contributed by atoms with Gasteiger partial charge in [0, 0.05) is 23.0 Å². The van der Waals surface area contributed by atoms with Gasteiger partial charge in [-0.05, 0) is 42.8 Å². The van der Waals surface area contributed by atoms with Gasteiger partial charge in [0.25, 0.3) is 0 Å². The van der Waals surface area contributed by atoms with Crippen molar-refractivity contribution in [3.8, 4) is 11.1 Å². The molecule has 0 saturated heterocycles. The van der Waals surface area contributed by atoms with Crippen LogP contribution in [0.3, 0.4) is 0 Å². The second kappa shape index (κ2) is 6.53. The fourth-order valence-electron chi connectivity index (χ4n) is 2.74. The average Bonchev–Trinajstić information content (AvgIpc) is 3.06. The van der Waals surface area contributed by atoms with Gasteiger partial charge in [0.2, 0.25) is 0 Å². The van der Waals surface area contributed by atoms with E-state index in [9.17, 15) is 0 Å². The van der Waals surface area contributed by atoms with Gasteiger partial charge in [0.1, 0.15) is 5.82 Å². The smallest absolute Gasteiger partial charge is 0.165 e. The van der Waals surface area contributed by atoms with Gasteiger partial charge in [-0.2, -0.15) is 5.10 Å². The molecule has 25 heavy (non-hydrogen) atoms. The molecule has 1 aromatic carbocycles. The summed E-state index contributed by atoms with van der Waals surface area (Å²) in [6.45, 7) is 2.06. The molecular weight excluding hydrogens is 334 g/mol. The first-order chi connectivity index (χ1) is 12.2. The zero-order valence-electron chi connectivity index (χ0n) is 13.6. The number of aromatic nitrogens is 4. The summed E-state index contributed by atoms with van der Waals surface area (Å²) in [5.74, 6) is 0.773. The van der Waals surface area contributed by atoms with Crippen LogP contribution in [0.15, 0.2) is 67.1 Å². The minimum Gasteiger partial charge on any atom is -0.362 e. The molecule has 1 N–H and O–H groups in total. The molecule has 0 saturated carbocycles. The Morgan fingerprint density at radius 2 is 2.04 bits per heavy atom. The molecule has 4 rings (SSSR count). The number of benzene rings is 1. The SMILES string of the molecule is CC(Nc1ccn2ncc(-c3cccc(Cl)c3)c2n1)c1ccccn1. The molecule has 3 aromatic heterocycles. The van der Waals surface area contributed by atoms with Gasteiger partial charge in [-0.15, -0.1) is 0 Å². The Morgan fingerprint density at radius 1 is 1.12 bits per heavy atom. The van der Waals surface area contributed by atoms with Gasteiger partial charge in [0.05, 0.1) is 17.9 Å². The number of hydrogen-bond donors (Lipinski definition) is 1. The summed E-state index contributed by atoms with van der Waals surface area (Å²) in [6, 6.07) is 15.5. The summed E-state index contributed by atoms with van der Waals surface area (Å²) in [6.07, 6.45) is 5.49. The Bertz CT molecular complexity index is 1010. The lowest BCUT2D eigenvalue weighted by molar-refractivity contribution is 0.828. The third-order valence-corrected chi connectivity index (χ3v) is 4.24. The van der Waals surface area contributed by atoms with Crippen LogP contribution in [0.1, 0.15) is 18.7 Å². The van der Waals surface area contributed by atoms with Crippen molar-refractivity contribution in [1.29, 1.82) is 0 Å². The number of rotatable bonds is 4. The van der Waals surface area contributed by atoms with E-state index in [4.69, 9.17) is 16.6 Å². The van der Waals surface area contributed by atoms with Crippen LogP contribution in [-0.4, -0.2) is 19.6 Å². The van der Waals surface area contributed by atoms with E-state index in [0.29, 0.717) is 5.02 Å². The molecule has 1 unspecified atom stereocenters. The highest BCUT2D eigenvalue weighted by atomic mass is 35.5. The predicted octanol–water partition coefficient (Wildman–Crippen LogP) is 4.62. The standard InChI is InChI=1S/C19H16ClN5/c1-13(17-7-2-3-9-21-17)23-18-8-10-25-19(24-18)16(12-22-25)14-5-4-6-15(20)11-14/h2-13H,1H3,(H,23,24). The number of nitrogens with one attached hydrogen (secondary N) is 1. The molecule has 0 aliphatic rings. The number of halogens is 1. The van der Waals surface area contributed by atoms with Crippen LogP contribution in [0.5, 0.6) is 0 Å². The number of nitrogens with zero attached hydrogens (tertiary/aromatic N) is 4. The van der Waals surface area contributed by atoms with E-state index < -0.39 is 0 Å².